The normalized spacial score (nSPS) is 16.3. The van der Waals surface area contributed by atoms with Gasteiger partial charge in [-0.05, 0) is 62.4 Å². The molecule has 0 amide bonds. The first-order chi connectivity index (χ1) is 9.74. The maximum absolute atomic E-state index is 4.51. The van der Waals surface area contributed by atoms with Gasteiger partial charge in [0.15, 0.2) is 0 Å². The second-order valence-electron chi connectivity index (χ2n) is 6.22. The van der Waals surface area contributed by atoms with E-state index in [0.29, 0.717) is 0 Å². The Morgan fingerprint density at radius 2 is 1.95 bits per heavy atom. The highest BCUT2D eigenvalue weighted by Crippen LogP contribution is 2.23. The van der Waals surface area contributed by atoms with Crippen molar-refractivity contribution in [2.75, 3.05) is 13.1 Å². The molecule has 1 heterocycles. The van der Waals surface area contributed by atoms with Gasteiger partial charge in [-0.25, -0.2) is 4.98 Å². The molecule has 1 fully saturated rings. The lowest BCUT2D eigenvalue weighted by Crippen LogP contribution is -2.25. The van der Waals surface area contributed by atoms with Crippen LogP contribution in [0.5, 0.6) is 0 Å². The highest BCUT2D eigenvalue weighted by Gasteiger charge is 2.13. The molecule has 1 aliphatic rings. The van der Waals surface area contributed by atoms with E-state index in [1.165, 1.54) is 48.9 Å². The molecule has 2 aromatic rings. The fourth-order valence-corrected chi connectivity index (χ4v) is 3.21. The Balaban J connectivity index is 1.58. The van der Waals surface area contributed by atoms with Gasteiger partial charge in [-0.15, -0.1) is 0 Å². The Morgan fingerprint density at radius 1 is 1.20 bits per heavy atom. The number of nitrogens with one attached hydrogen (secondary N) is 1. The summed E-state index contributed by atoms with van der Waals surface area (Å²) in [4.78, 5) is 4.51. The van der Waals surface area contributed by atoms with Gasteiger partial charge in [-0.3, -0.25) is 0 Å². The van der Waals surface area contributed by atoms with Gasteiger partial charge in [0.2, 0.25) is 0 Å². The minimum atomic E-state index is 0.916. The zero-order chi connectivity index (χ0) is 13.9. The first-order valence-electron chi connectivity index (χ1n) is 7.87. The minimum absolute atomic E-state index is 0.916. The Labute approximate surface area is 121 Å². The third-order valence-electron chi connectivity index (χ3n) is 4.67. The van der Waals surface area contributed by atoms with Crippen LogP contribution in [0.25, 0.3) is 11.0 Å². The predicted octanol–water partition coefficient (Wildman–Crippen LogP) is 3.43. The van der Waals surface area contributed by atoms with Gasteiger partial charge in [0.1, 0.15) is 0 Å². The quantitative estimate of drug-likeness (QED) is 0.844. The second-order valence-corrected chi connectivity index (χ2v) is 6.22. The summed E-state index contributed by atoms with van der Waals surface area (Å²) in [6.07, 6.45) is 7.66. The molecule has 1 N–H and O–H groups in total. The van der Waals surface area contributed by atoms with Crippen LogP contribution in [0.4, 0.5) is 0 Å². The molecule has 1 aromatic carbocycles. The van der Waals surface area contributed by atoms with E-state index in [1.54, 1.807) is 0 Å². The molecule has 1 aliphatic carbocycles. The lowest BCUT2D eigenvalue weighted by Gasteiger charge is -2.11. The Bertz CT molecular complexity index is 579. The smallest absolute Gasteiger partial charge is 0.0958 e. The molecule has 0 spiro atoms. The minimum Gasteiger partial charge on any atom is -0.329 e. The van der Waals surface area contributed by atoms with Crippen LogP contribution >= 0.6 is 0 Å². The second kappa shape index (κ2) is 5.96. The zero-order valence-corrected chi connectivity index (χ0v) is 12.7. The summed E-state index contributed by atoms with van der Waals surface area (Å²) in [5.41, 5.74) is 5.04. The number of rotatable bonds is 5. The number of benzene rings is 1. The molecular weight excluding hydrogens is 246 g/mol. The Kier molecular flexibility index (Phi) is 4.06. The van der Waals surface area contributed by atoms with Crippen LogP contribution in [-0.4, -0.2) is 22.6 Å². The van der Waals surface area contributed by atoms with Crippen LogP contribution in [0.1, 0.15) is 36.8 Å². The average molecular weight is 271 g/mol. The summed E-state index contributed by atoms with van der Waals surface area (Å²) < 4.78 is 2.27. The summed E-state index contributed by atoms with van der Waals surface area (Å²) in [6, 6.07) is 4.45. The predicted molar refractivity (Wildman–Crippen MR) is 84.0 cm³/mol. The van der Waals surface area contributed by atoms with E-state index in [0.717, 1.165) is 24.5 Å². The van der Waals surface area contributed by atoms with Crippen LogP contribution in [0, 0.1) is 19.8 Å². The maximum Gasteiger partial charge on any atom is 0.0958 e. The molecule has 0 atom stereocenters. The van der Waals surface area contributed by atoms with Gasteiger partial charge in [-0.1, -0.05) is 12.8 Å². The maximum atomic E-state index is 4.51. The standard InChI is InChI=1S/C17H25N3/c1-13-9-16-17(10-14(13)2)20(12-19-16)8-7-18-11-15-5-3-4-6-15/h9-10,12,15,18H,3-8,11H2,1-2H3. The van der Waals surface area contributed by atoms with E-state index in [2.05, 4.69) is 40.8 Å². The monoisotopic (exact) mass is 271 g/mol. The van der Waals surface area contributed by atoms with Crippen molar-refractivity contribution in [2.24, 2.45) is 5.92 Å². The lowest BCUT2D eigenvalue weighted by atomic mass is 10.1. The molecule has 0 aliphatic heterocycles. The Morgan fingerprint density at radius 3 is 2.75 bits per heavy atom. The summed E-state index contributed by atoms with van der Waals surface area (Å²) in [7, 11) is 0. The number of imidazole rings is 1. The largest absolute Gasteiger partial charge is 0.329 e. The first-order valence-corrected chi connectivity index (χ1v) is 7.87. The van der Waals surface area contributed by atoms with Crippen molar-refractivity contribution in [3.05, 3.63) is 29.6 Å². The van der Waals surface area contributed by atoms with Crippen molar-refractivity contribution in [3.63, 3.8) is 0 Å². The topological polar surface area (TPSA) is 29.9 Å². The number of aryl methyl sites for hydroxylation is 2. The van der Waals surface area contributed by atoms with Crippen molar-refractivity contribution in [1.29, 1.82) is 0 Å². The fourth-order valence-electron chi connectivity index (χ4n) is 3.21. The number of hydrogen-bond donors (Lipinski definition) is 1. The van der Waals surface area contributed by atoms with Gasteiger partial charge in [-0.2, -0.15) is 0 Å². The molecule has 1 saturated carbocycles. The van der Waals surface area contributed by atoms with Crippen LogP contribution in [0.3, 0.4) is 0 Å². The first kappa shape index (κ1) is 13.6. The van der Waals surface area contributed by atoms with Crippen molar-refractivity contribution < 1.29 is 0 Å². The zero-order valence-electron chi connectivity index (χ0n) is 12.7. The van der Waals surface area contributed by atoms with Crippen LogP contribution in [-0.2, 0) is 6.54 Å². The third kappa shape index (κ3) is 2.88. The summed E-state index contributed by atoms with van der Waals surface area (Å²) in [6.45, 7) is 7.55. The average Bonchev–Trinajstić information content (AvgIpc) is 3.06. The van der Waals surface area contributed by atoms with Gasteiger partial charge in [0.25, 0.3) is 0 Å². The van der Waals surface area contributed by atoms with Crippen molar-refractivity contribution in [3.8, 4) is 0 Å². The van der Waals surface area contributed by atoms with Crippen LogP contribution < -0.4 is 5.32 Å². The molecule has 3 rings (SSSR count). The molecule has 3 heteroatoms. The van der Waals surface area contributed by atoms with Crippen LogP contribution in [0.2, 0.25) is 0 Å². The molecule has 0 unspecified atom stereocenters. The number of hydrogen-bond acceptors (Lipinski definition) is 2. The SMILES string of the molecule is Cc1cc2ncn(CCNCC3CCCC3)c2cc1C. The molecule has 3 nitrogen and oxygen atoms in total. The van der Waals surface area contributed by atoms with Crippen molar-refractivity contribution in [2.45, 2.75) is 46.1 Å². The molecule has 0 radical (unpaired) electrons. The summed E-state index contributed by atoms with van der Waals surface area (Å²) >= 11 is 0. The highest BCUT2D eigenvalue weighted by atomic mass is 15.1. The van der Waals surface area contributed by atoms with Gasteiger partial charge in [0.05, 0.1) is 17.4 Å². The van der Waals surface area contributed by atoms with E-state index >= 15 is 0 Å². The fraction of sp³-hybridized carbons (Fsp3) is 0.588. The Hall–Kier alpha value is -1.35. The van der Waals surface area contributed by atoms with E-state index in [-0.39, 0.29) is 0 Å². The number of aromatic nitrogens is 2. The molecule has 1 aromatic heterocycles. The van der Waals surface area contributed by atoms with E-state index in [1.807, 2.05) is 6.33 Å². The van der Waals surface area contributed by atoms with E-state index < -0.39 is 0 Å². The molecule has 108 valence electrons. The molecule has 0 bridgehead atoms. The van der Waals surface area contributed by atoms with Gasteiger partial charge < -0.3 is 9.88 Å². The van der Waals surface area contributed by atoms with E-state index in [9.17, 15) is 0 Å². The third-order valence-corrected chi connectivity index (χ3v) is 4.67. The molecular formula is C17H25N3. The molecule has 20 heavy (non-hydrogen) atoms. The van der Waals surface area contributed by atoms with E-state index in [4.69, 9.17) is 0 Å². The molecule has 0 saturated heterocycles. The number of nitrogens with zero attached hydrogens (tertiary/aromatic N) is 2. The van der Waals surface area contributed by atoms with Crippen molar-refractivity contribution in [1.82, 2.24) is 14.9 Å². The summed E-state index contributed by atoms with van der Waals surface area (Å²) in [5, 5.41) is 3.61. The lowest BCUT2D eigenvalue weighted by molar-refractivity contribution is 0.478. The van der Waals surface area contributed by atoms with Crippen LogP contribution in [0.15, 0.2) is 18.5 Å². The number of fused-ring (bicyclic) bond motifs is 1. The highest BCUT2D eigenvalue weighted by molar-refractivity contribution is 5.77. The van der Waals surface area contributed by atoms with Gasteiger partial charge >= 0.3 is 0 Å². The van der Waals surface area contributed by atoms with Gasteiger partial charge in [0, 0.05) is 13.1 Å². The summed E-state index contributed by atoms with van der Waals surface area (Å²) in [5.74, 6) is 0.916. The van der Waals surface area contributed by atoms with Crippen molar-refractivity contribution >= 4 is 11.0 Å².